The lowest BCUT2D eigenvalue weighted by atomic mass is 9.96. The van der Waals surface area contributed by atoms with E-state index in [2.05, 4.69) is 27.9 Å². The van der Waals surface area contributed by atoms with Gasteiger partial charge in [-0.2, -0.15) is 0 Å². The van der Waals surface area contributed by atoms with Crippen molar-refractivity contribution < 1.29 is 8.78 Å². The Kier molecular flexibility index (Phi) is 4.52. The summed E-state index contributed by atoms with van der Waals surface area (Å²) in [7, 11) is 1.70. The summed E-state index contributed by atoms with van der Waals surface area (Å²) in [5.41, 5.74) is 1.39. The van der Waals surface area contributed by atoms with Gasteiger partial charge in [-0.3, -0.25) is 0 Å². The van der Waals surface area contributed by atoms with Gasteiger partial charge in [0.1, 0.15) is 11.6 Å². The van der Waals surface area contributed by atoms with E-state index >= 15 is 0 Å². The third-order valence-electron chi connectivity index (χ3n) is 3.11. The van der Waals surface area contributed by atoms with Crippen LogP contribution in [-0.2, 0) is 0 Å². The molecule has 1 unspecified atom stereocenters. The van der Waals surface area contributed by atoms with Gasteiger partial charge in [-0.25, -0.2) is 8.78 Å². The molecule has 0 aliphatic rings. The summed E-state index contributed by atoms with van der Waals surface area (Å²) in [4.78, 5) is 0. The van der Waals surface area contributed by atoms with Gasteiger partial charge in [-0.05, 0) is 59.8 Å². The minimum absolute atomic E-state index is 0.0756. The lowest BCUT2D eigenvalue weighted by Crippen LogP contribution is -2.21. The Morgan fingerprint density at radius 3 is 2.42 bits per heavy atom. The zero-order chi connectivity index (χ0) is 14.0. The highest BCUT2D eigenvalue weighted by molar-refractivity contribution is 14.1. The van der Waals surface area contributed by atoms with Crippen LogP contribution >= 0.6 is 22.6 Å². The van der Waals surface area contributed by atoms with Crippen LogP contribution in [0.3, 0.4) is 0 Å². The molecule has 0 amide bonds. The summed E-state index contributed by atoms with van der Waals surface area (Å²) in [5.74, 6) is -1.01. The third kappa shape index (κ3) is 2.79. The number of nitrogens with one attached hydrogen (secondary N) is 1. The van der Waals surface area contributed by atoms with E-state index in [9.17, 15) is 8.78 Å². The zero-order valence-electron chi connectivity index (χ0n) is 10.7. The van der Waals surface area contributed by atoms with Gasteiger partial charge < -0.3 is 5.32 Å². The lowest BCUT2D eigenvalue weighted by molar-refractivity contribution is 0.517. The standard InChI is InChI=1S/C15H14F2IN/c1-9-7-8-11(16)13(14(9)17)15(19-2)10-5-3-4-6-12(10)18/h3-8,15,19H,1-2H3. The van der Waals surface area contributed by atoms with Crippen molar-refractivity contribution in [3.8, 4) is 0 Å². The van der Waals surface area contributed by atoms with Gasteiger partial charge >= 0.3 is 0 Å². The fourth-order valence-electron chi connectivity index (χ4n) is 2.11. The molecule has 0 aliphatic carbocycles. The molecule has 0 saturated carbocycles. The van der Waals surface area contributed by atoms with Crippen molar-refractivity contribution in [3.63, 3.8) is 0 Å². The zero-order valence-corrected chi connectivity index (χ0v) is 12.8. The molecule has 0 radical (unpaired) electrons. The molecule has 100 valence electrons. The molecule has 1 atom stereocenters. The summed E-state index contributed by atoms with van der Waals surface area (Å²) in [6.07, 6.45) is 0. The SMILES string of the molecule is CNC(c1ccccc1I)c1c(F)ccc(C)c1F. The van der Waals surface area contributed by atoms with Crippen LogP contribution in [0.2, 0.25) is 0 Å². The first-order valence-corrected chi connectivity index (χ1v) is 7.00. The Labute approximate surface area is 125 Å². The van der Waals surface area contributed by atoms with Crippen molar-refractivity contribution in [1.82, 2.24) is 5.32 Å². The Morgan fingerprint density at radius 2 is 1.79 bits per heavy atom. The predicted molar refractivity (Wildman–Crippen MR) is 81.2 cm³/mol. The van der Waals surface area contributed by atoms with E-state index < -0.39 is 17.7 Å². The van der Waals surface area contributed by atoms with E-state index in [1.54, 1.807) is 14.0 Å². The second kappa shape index (κ2) is 5.96. The van der Waals surface area contributed by atoms with E-state index in [0.717, 1.165) is 9.13 Å². The van der Waals surface area contributed by atoms with E-state index in [1.807, 2.05) is 24.3 Å². The second-order valence-electron chi connectivity index (χ2n) is 4.34. The van der Waals surface area contributed by atoms with Crippen LogP contribution in [0.1, 0.15) is 22.7 Å². The van der Waals surface area contributed by atoms with Crippen LogP contribution in [0.15, 0.2) is 36.4 Å². The quantitative estimate of drug-likeness (QED) is 0.796. The molecule has 0 saturated heterocycles. The average molecular weight is 373 g/mol. The highest BCUT2D eigenvalue weighted by Crippen LogP contribution is 2.30. The van der Waals surface area contributed by atoms with Crippen molar-refractivity contribution in [1.29, 1.82) is 0 Å². The first kappa shape index (κ1) is 14.4. The van der Waals surface area contributed by atoms with Crippen LogP contribution in [0, 0.1) is 22.1 Å². The van der Waals surface area contributed by atoms with Crippen LogP contribution in [-0.4, -0.2) is 7.05 Å². The lowest BCUT2D eigenvalue weighted by Gasteiger charge is -2.20. The van der Waals surface area contributed by atoms with Crippen molar-refractivity contribution in [2.75, 3.05) is 7.05 Å². The molecule has 0 spiro atoms. The molecule has 2 aromatic rings. The molecule has 2 aromatic carbocycles. The average Bonchev–Trinajstić information content (AvgIpc) is 2.40. The summed E-state index contributed by atoms with van der Waals surface area (Å²) in [6.45, 7) is 1.64. The molecule has 1 nitrogen and oxygen atoms in total. The fourth-order valence-corrected chi connectivity index (χ4v) is 2.81. The molecule has 2 rings (SSSR count). The van der Waals surface area contributed by atoms with E-state index in [4.69, 9.17) is 0 Å². The second-order valence-corrected chi connectivity index (χ2v) is 5.50. The van der Waals surface area contributed by atoms with Gasteiger partial charge in [0.2, 0.25) is 0 Å². The first-order valence-electron chi connectivity index (χ1n) is 5.92. The maximum Gasteiger partial charge on any atom is 0.134 e. The smallest absolute Gasteiger partial charge is 0.134 e. The fraction of sp³-hybridized carbons (Fsp3) is 0.200. The number of hydrogen-bond donors (Lipinski definition) is 1. The number of rotatable bonds is 3. The Hall–Kier alpha value is -1.01. The molecule has 0 fully saturated rings. The molecule has 1 N–H and O–H groups in total. The van der Waals surface area contributed by atoms with Crippen LogP contribution in [0.4, 0.5) is 8.78 Å². The molecule has 19 heavy (non-hydrogen) atoms. The molecule has 0 heterocycles. The summed E-state index contributed by atoms with van der Waals surface area (Å²) >= 11 is 2.17. The maximum atomic E-state index is 14.2. The monoisotopic (exact) mass is 373 g/mol. The van der Waals surface area contributed by atoms with Gasteiger partial charge in [0, 0.05) is 9.13 Å². The number of hydrogen-bond acceptors (Lipinski definition) is 1. The number of halogens is 3. The van der Waals surface area contributed by atoms with Gasteiger partial charge in [0.25, 0.3) is 0 Å². The number of benzene rings is 2. The Bertz CT molecular complexity index is 599. The van der Waals surface area contributed by atoms with Crippen molar-refractivity contribution in [2.45, 2.75) is 13.0 Å². The van der Waals surface area contributed by atoms with Gasteiger partial charge in [0.05, 0.1) is 6.04 Å². The molecule has 0 aromatic heterocycles. The summed E-state index contributed by atoms with van der Waals surface area (Å²) < 4.78 is 29.2. The van der Waals surface area contributed by atoms with Crippen LogP contribution in [0.5, 0.6) is 0 Å². The van der Waals surface area contributed by atoms with Crippen molar-refractivity contribution in [3.05, 3.63) is 68.3 Å². The maximum absolute atomic E-state index is 14.2. The highest BCUT2D eigenvalue weighted by Gasteiger charge is 2.23. The van der Waals surface area contributed by atoms with Crippen molar-refractivity contribution in [2.24, 2.45) is 0 Å². The predicted octanol–water partition coefficient (Wildman–Crippen LogP) is 4.19. The Morgan fingerprint density at radius 1 is 1.11 bits per heavy atom. The van der Waals surface area contributed by atoms with Gasteiger partial charge in [-0.15, -0.1) is 0 Å². The molecular formula is C15H14F2IN. The van der Waals surface area contributed by atoms with Crippen LogP contribution in [0.25, 0.3) is 0 Å². The van der Waals surface area contributed by atoms with E-state index in [0.29, 0.717) is 5.56 Å². The minimum Gasteiger partial charge on any atom is -0.309 e. The normalized spacial score (nSPS) is 12.5. The highest BCUT2D eigenvalue weighted by atomic mass is 127. The third-order valence-corrected chi connectivity index (χ3v) is 4.10. The van der Waals surface area contributed by atoms with Crippen molar-refractivity contribution >= 4 is 22.6 Å². The summed E-state index contributed by atoms with van der Waals surface area (Å²) in [5, 5.41) is 3.00. The van der Waals surface area contributed by atoms with Gasteiger partial charge in [0.15, 0.2) is 0 Å². The van der Waals surface area contributed by atoms with E-state index in [1.165, 1.54) is 12.1 Å². The Balaban J connectivity index is 2.61. The number of aryl methyl sites for hydroxylation is 1. The first-order chi connectivity index (χ1) is 9.06. The topological polar surface area (TPSA) is 12.0 Å². The largest absolute Gasteiger partial charge is 0.309 e. The van der Waals surface area contributed by atoms with Crippen LogP contribution < -0.4 is 5.32 Å². The molecule has 4 heteroatoms. The molecular weight excluding hydrogens is 359 g/mol. The van der Waals surface area contributed by atoms with E-state index in [-0.39, 0.29) is 5.56 Å². The minimum atomic E-state index is -0.526. The summed E-state index contributed by atoms with van der Waals surface area (Å²) in [6, 6.07) is 9.85. The van der Waals surface area contributed by atoms with Gasteiger partial charge in [-0.1, -0.05) is 24.3 Å². The molecule has 0 bridgehead atoms. The molecule has 0 aliphatic heterocycles.